The molecule has 1 saturated carbocycles. The molecule has 3 atom stereocenters. The number of carbonyl (C=O) groups excluding carboxylic acids is 1. The van der Waals surface area contributed by atoms with E-state index in [4.69, 9.17) is 10.5 Å². The summed E-state index contributed by atoms with van der Waals surface area (Å²) in [4.78, 5) is 11.9. The van der Waals surface area contributed by atoms with Crippen LogP contribution in [0.4, 0.5) is 0 Å². The molecule has 1 amide bonds. The molecule has 1 aliphatic heterocycles. The van der Waals surface area contributed by atoms with Crippen LogP contribution in [0.15, 0.2) is 0 Å². The Hall–Kier alpha value is -0.610. The smallest absolute Gasteiger partial charge is 0.221 e. The van der Waals surface area contributed by atoms with E-state index in [1.54, 1.807) is 0 Å². The number of amides is 1. The van der Waals surface area contributed by atoms with Crippen molar-refractivity contribution in [2.75, 3.05) is 6.61 Å². The number of hydrogen-bond donors (Lipinski definition) is 2. The molecule has 0 aromatic heterocycles. The third-order valence-electron chi connectivity index (χ3n) is 3.85. The first-order valence-electron chi connectivity index (χ1n) is 6.74. The van der Waals surface area contributed by atoms with Gasteiger partial charge in [-0.25, -0.2) is 0 Å². The second-order valence-corrected chi connectivity index (χ2v) is 5.75. The molecule has 1 aliphatic carbocycles. The van der Waals surface area contributed by atoms with Crippen molar-refractivity contribution in [3.63, 3.8) is 0 Å². The maximum atomic E-state index is 11.9. The SMILES string of the molecule is CC(C)C(N)CC(=O)NC1CCOC1C1CC1. The molecule has 17 heavy (non-hydrogen) atoms. The molecular formula is C13H24N2O2. The molecular weight excluding hydrogens is 216 g/mol. The summed E-state index contributed by atoms with van der Waals surface area (Å²) in [6, 6.07) is 0.172. The summed E-state index contributed by atoms with van der Waals surface area (Å²) in [5, 5.41) is 3.09. The van der Waals surface area contributed by atoms with E-state index in [0.29, 0.717) is 18.3 Å². The molecule has 0 aromatic rings. The Balaban J connectivity index is 1.77. The minimum Gasteiger partial charge on any atom is -0.376 e. The van der Waals surface area contributed by atoms with Gasteiger partial charge in [-0.3, -0.25) is 4.79 Å². The van der Waals surface area contributed by atoms with Gasteiger partial charge in [-0.1, -0.05) is 13.8 Å². The number of nitrogens with one attached hydrogen (secondary N) is 1. The molecule has 4 heteroatoms. The van der Waals surface area contributed by atoms with E-state index >= 15 is 0 Å². The predicted octanol–water partition coefficient (Wildman–Crippen LogP) is 1.04. The van der Waals surface area contributed by atoms with E-state index < -0.39 is 0 Å². The summed E-state index contributed by atoms with van der Waals surface area (Å²) in [5.74, 6) is 1.11. The van der Waals surface area contributed by atoms with Gasteiger partial charge in [0.15, 0.2) is 0 Å². The number of hydrogen-bond acceptors (Lipinski definition) is 3. The third-order valence-corrected chi connectivity index (χ3v) is 3.85. The predicted molar refractivity (Wildman–Crippen MR) is 66.4 cm³/mol. The lowest BCUT2D eigenvalue weighted by Gasteiger charge is -2.21. The molecule has 2 rings (SSSR count). The molecule has 2 aliphatic rings. The highest BCUT2D eigenvalue weighted by atomic mass is 16.5. The zero-order valence-electron chi connectivity index (χ0n) is 10.8. The maximum absolute atomic E-state index is 11.9. The van der Waals surface area contributed by atoms with Crippen molar-refractivity contribution >= 4 is 5.91 Å². The van der Waals surface area contributed by atoms with Gasteiger partial charge in [0.2, 0.25) is 5.91 Å². The molecule has 4 nitrogen and oxygen atoms in total. The van der Waals surface area contributed by atoms with Crippen LogP contribution < -0.4 is 11.1 Å². The third kappa shape index (κ3) is 3.42. The highest BCUT2D eigenvalue weighted by Gasteiger charge is 2.41. The molecule has 1 heterocycles. The molecule has 3 N–H and O–H groups in total. The van der Waals surface area contributed by atoms with Gasteiger partial charge in [-0.2, -0.15) is 0 Å². The van der Waals surface area contributed by atoms with Crippen molar-refractivity contribution in [1.29, 1.82) is 0 Å². The standard InChI is InChI=1S/C13H24N2O2/c1-8(2)10(14)7-12(16)15-11-5-6-17-13(11)9-3-4-9/h8-11,13H,3-7,14H2,1-2H3,(H,15,16). The Morgan fingerprint density at radius 3 is 2.71 bits per heavy atom. The summed E-state index contributed by atoms with van der Waals surface area (Å²) in [5.41, 5.74) is 5.91. The van der Waals surface area contributed by atoms with E-state index in [9.17, 15) is 4.79 Å². The molecule has 0 aromatic carbocycles. The topological polar surface area (TPSA) is 64.4 Å². The van der Waals surface area contributed by atoms with Gasteiger partial charge in [0.25, 0.3) is 0 Å². The van der Waals surface area contributed by atoms with Gasteiger partial charge in [0.05, 0.1) is 12.1 Å². The lowest BCUT2D eigenvalue weighted by atomic mass is 10.0. The lowest BCUT2D eigenvalue weighted by molar-refractivity contribution is -0.122. The van der Waals surface area contributed by atoms with Crippen molar-refractivity contribution in [3.8, 4) is 0 Å². The first kappa shape index (κ1) is 12.8. The minimum absolute atomic E-state index is 0.0447. The van der Waals surface area contributed by atoms with Gasteiger partial charge < -0.3 is 15.8 Å². The number of ether oxygens (including phenoxy) is 1. The normalized spacial score (nSPS) is 30.6. The van der Waals surface area contributed by atoms with Crippen LogP contribution in [0.3, 0.4) is 0 Å². The van der Waals surface area contributed by atoms with Gasteiger partial charge in [-0.05, 0) is 31.1 Å². The van der Waals surface area contributed by atoms with E-state index in [-0.39, 0.29) is 24.1 Å². The quantitative estimate of drug-likeness (QED) is 0.755. The van der Waals surface area contributed by atoms with Gasteiger partial charge in [0.1, 0.15) is 0 Å². The van der Waals surface area contributed by atoms with Gasteiger partial charge in [0, 0.05) is 19.1 Å². The van der Waals surface area contributed by atoms with Gasteiger partial charge in [-0.15, -0.1) is 0 Å². The lowest BCUT2D eigenvalue weighted by Crippen LogP contribution is -2.44. The van der Waals surface area contributed by atoms with E-state index in [2.05, 4.69) is 5.32 Å². The zero-order valence-corrected chi connectivity index (χ0v) is 10.8. The van der Waals surface area contributed by atoms with Crippen LogP contribution in [-0.2, 0) is 9.53 Å². The summed E-state index contributed by atoms with van der Waals surface area (Å²) < 4.78 is 5.70. The highest BCUT2D eigenvalue weighted by molar-refractivity contribution is 5.77. The van der Waals surface area contributed by atoms with Crippen LogP contribution in [0, 0.1) is 11.8 Å². The Bertz CT molecular complexity index is 277. The largest absolute Gasteiger partial charge is 0.376 e. The first-order chi connectivity index (χ1) is 8.08. The summed E-state index contributed by atoms with van der Waals surface area (Å²) in [7, 11) is 0. The summed E-state index contributed by atoms with van der Waals surface area (Å²) in [6.07, 6.45) is 4.13. The fraction of sp³-hybridized carbons (Fsp3) is 0.923. The highest BCUT2D eigenvalue weighted by Crippen LogP contribution is 2.38. The van der Waals surface area contributed by atoms with Gasteiger partial charge >= 0.3 is 0 Å². The Kier molecular flexibility index (Phi) is 4.05. The van der Waals surface area contributed by atoms with Crippen LogP contribution in [0.5, 0.6) is 0 Å². The van der Waals surface area contributed by atoms with Crippen LogP contribution >= 0.6 is 0 Å². The molecule has 0 spiro atoms. The summed E-state index contributed by atoms with van der Waals surface area (Å²) >= 11 is 0. The average molecular weight is 240 g/mol. The summed E-state index contributed by atoms with van der Waals surface area (Å²) in [6.45, 7) is 4.87. The van der Waals surface area contributed by atoms with Crippen LogP contribution in [0.2, 0.25) is 0 Å². The minimum atomic E-state index is -0.0447. The molecule has 3 unspecified atom stereocenters. The number of carbonyl (C=O) groups is 1. The van der Waals surface area contributed by atoms with E-state index in [1.807, 2.05) is 13.8 Å². The van der Waals surface area contributed by atoms with Crippen LogP contribution in [0.25, 0.3) is 0 Å². The van der Waals surface area contributed by atoms with E-state index in [1.165, 1.54) is 12.8 Å². The van der Waals surface area contributed by atoms with Crippen molar-refractivity contribution < 1.29 is 9.53 Å². The van der Waals surface area contributed by atoms with Crippen molar-refractivity contribution in [3.05, 3.63) is 0 Å². The molecule has 98 valence electrons. The van der Waals surface area contributed by atoms with Crippen LogP contribution in [0.1, 0.15) is 39.5 Å². The fourth-order valence-electron chi connectivity index (χ4n) is 2.37. The second-order valence-electron chi connectivity index (χ2n) is 5.75. The van der Waals surface area contributed by atoms with Crippen molar-refractivity contribution in [2.24, 2.45) is 17.6 Å². The monoisotopic (exact) mass is 240 g/mol. The molecule has 0 radical (unpaired) electrons. The first-order valence-corrected chi connectivity index (χ1v) is 6.74. The number of nitrogens with two attached hydrogens (primary N) is 1. The molecule has 0 bridgehead atoms. The van der Waals surface area contributed by atoms with Crippen molar-refractivity contribution in [2.45, 2.75) is 57.7 Å². The fourth-order valence-corrected chi connectivity index (χ4v) is 2.37. The molecule has 2 fully saturated rings. The average Bonchev–Trinajstić information content (AvgIpc) is 3.00. The second kappa shape index (κ2) is 5.36. The van der Waals surface area contributed by atoms with E-state index in [0.717, 1.165) is 13.0 Å². The Morgan fingerprint density at radius 2 is 2.12 bits per heavy atom. The number of rotatable bonds is 5. The zero-order chi connectivity index (χ0) is 12.4. The maximum Gasteiger partial charge on any atom is 0.221 e. The Morgan fingerprint density at radius 1 is 1.41 bits per heavy atom. The Labute approximate surface area is 103 Å². The molecule has 1 saturated heterocycles. The van der Waals surface area contributed by atoms with Crippen LogP contribution in [-0.4, -0.2) is 30.7 Å². The van der Waals surface area contributed by atoms with Crippen molar-refractivity contribution in [1.82, 2.24) is 5.32 Å².